The predicted molar refractivity (Wildman–Crippen MR) is 63.0 cm³/mol. The Morgan fingerprint density at radius 2 is 2.29 bits per heavy atom. The van der Waals surface area contributed by atoms with E-state index in [4.69, 9.17) is 0 Å². The summed E-state index contributed by atoms with van der Waals surface area (Å²) in [5.74, 6) is 1.11. The molecule has 0 spiro atoms. The summed E-state index contributed by atoms with van der Waals surface area (Å²) in [7, 11) is 2.03. The molecule has 2 aromatic heterocycles. The molecule has 2 heterocycles. The van der Waals surface area contributed by atoms with Crippen LogP contribution in [0, 0.1) is 6.92 Å². The summed E-state index contributed by atoms with van der Waals surface area (Å²) in [5, 5.41) is 0. The van der Waals surface area contributed by atoms with E-state index in [9.17, 15) is 0 Å². The SMILES string of the molecule is Cc1cccnc1-c1n(I)cc[n+]1C. The van der Waals surface area contributed by atoms with Gasteiger partial charge in [0.25, 0.3) is 0 Å². The Morgan fingerprint density at radius 1 is 1.50 bits per heavy atom. The van der Waals surface area contributed by atoms with Crippen molar-refractivity contribution < 1.29 is 4.57 Å². The van der Waals surface area contributed by atoms with E-state index in [0.29, 0.717) is 0 Å². The van der Waals surface area contributed by atoms with Gasteiger partial charge in [0, 0.05) is 6.20 Å². The number of hydrogen-bond donors (Lipinski definition) is 0. The molecule has 0 saturated carbocycles. The third kappa shape index (κ3) is 1.54. The topological polar surface area (TPSA) is 21.7 Å². The third-order valence-corrected chi connectivity index (χ3v) is 2.96. The fourth-order valence-electron chi connectivity index (χ4n) is 1.44. The van der Waals surface area contributed by atoms with Gasteiger partial charge in [0.05, 0.1) is 7.05 Å². The molecule has 0 N–H and O–H groups in total. The van der Waals surface area contributed by atoms with Gasteiger partial charge >= 0.3 is 5.82 Å². The smallest absolute Gasteiger partial charge is 0.248 e. The lowest BCUT2D eigenvalue weighted by atomic mass is 10.2. The predicted octanol–water partition coefficient (Wildman–Crippen LogP) is 1.88. The van der Waals surface area contributed by atoms with Gasteiger partial charge in [0.1, 0.15) is 12.4 Å². The van der Waals surface area contributed by atoms with Crippen molar-refractivity contribution >= 4 is 22.9 Å². The first-order valence-electron chi connectivity index (χ1n) is 4.35. The molecule has 0 aliphatic heterocycles. The molecule has 0 bridgehead atoms. The normalized spacial score (nSPS) is 10.5. The standard InChI is InChI=1S/C10H11IN3/c1-8-4-3-5-12-9(8)10-13(2)6-7-14(10)11/h3-7H,1-2H3/q+1. The van der Waals surface area contributed by atoms with Gasteiger partial charge in [0.2, 0.25) is 22.9 Å². The summed E-state index contributed by atoms with van der Waals surface area (Å²) >= 11 is 2.26. The first kappa shape index (κ1) is 9.64. The molecular weight excluding hydrogens is 289 g/mol. The van der Waals surface area contributed by atoms with Crippen LogP contribution in [0.4, 0.5) is 0 Å². The van der Waals surface area contributed by atoms with Crippen LogP contribution < -0.4 is 4.57 Å². The molecule has 2 rings (SSSR count). The van der Waals surface area contributed by atoms with E-state index in [1.807, 2.05) is 34.5 Å². The zero-order chi connectivity index (χ0) is 10.1. The molecule has 0 aliphatic carbocycles. The maximum atomic E-state index is 4.40. The van der Waals surface area contributed by atoms with Crippen LogP contribution in [0.15, 0.2) is 30.7 Å². The molecule has 0 saturated heterocycles. The molecule has 4 heteroatoms. The van der Waals surface area contributed by atoms with Crippen molar-refractivity contribution in [1.29, 1.82) is 0 Å². The van der Waals surface area contributed by atoms with E-state index >= 15 is 0 Å². The average molecular weight is 300 g/mol. The van der Waals surface area contributed by atoms with Crippen LogP contribution in [-0.2, 0) is 7.05 Å². The van der Waals surface area contributed by atoms with Crippen molar-refractivity contribution in [3.8, 4) is 11.5 Å². The molecule has 0 amide bonds. The van der Waals surface area contributed by atoms with Crippen molar-refractivity contribution in [1.82, 2.24) is 7.76 Å². The lowest BCUT2D eigenvalue weighted by molar-refractivity contribution is -0.659. The molecular formula is C10H11IN3+. The van der Waals surface area contributed by atoms with Gasteiger partial charge in [-0.25, -0.2) is 9.55 Å². The minimum atomic E-state index is 1.04. The van der Waals surface area contributed by atoms with Crippen molar-refractivity contribution in [2.45, 2.75) is 6.92 Å². The van der Waals surface area contributed by atoms with Crippen LogP contribution in [0.25, 0.3) is 11.5 Å². The van der Waals surface area contributed by atoms with E-state index in [1.165, 1.54) is 5.56 Å². The number of aromatic nitrogens is 3. The Labute approximate surface area is 96.9 Å². The largest absolute Gasteiger partial charge is 0.316 e. The van der Waals surface area contributed by atoms with E-state index in [2.05, 4.69) is 45.4 Å². The second-order valence-corrected chi connectivity index (χ2v) is 4.25. The van der Waals surface area contributed by atoms with Crippen LogP contribution in [-0.4, -0.2) is 7.76 Å². The third-order valence-electron chi connectivity index (χ3n) is 2.18. The zero-order valence-electron chi connectivity index (χ0n) is 8.11. The van der Waals surface area contributed by atoms with Gasteiger partial charge in [-0.05, 0) is 18.6 Å². The summed E-state index contributed by atoms with van der Waals surface area (Å²) in [6.45, 7) is 2.08. The number of imidazole rings is 1. The minimum absolute atomic E-state index is 1.04. The molecule has 0 atom stereocenters. The van der Waals surface area contributed by atoms with E-state index < -0.39 is 0 Å². The molecule has 2 aromatic rings. The maximum Gasteiger partial charge on any atom is 0.316 e. The van der Waals surface area contributed by atoms with Gasteiger partial charge in [-0.3, -0.25) is 0 Å². The van der Waals surface area contributed by atoms with Crippen LogP contribution >= 0.6 is 22.9 Å². The van der Waals surface area contributed by atoms with Gasteiger partial charge in [-0.2, -0.15) is 2.78 Å². The van der Waals surface area contributed by atoms with E-state index in [0.717, 1.165) is 11.5 Å². The van der Waals surface area contributed by atoms with Crippen LogP contribution in [0.3, 0.4) is 0 Å². The Hall–Kier alpha value is -0.910. The number of nitrogens with zero attached hydrogens (tertiary/aromatic N) is 3. The number of aryl methyl sites for hydroxylation is 2. The Balaban J connectivity index is 2.66. The zero-order valence-corrected chi connectivity index (χ0v) is 10.3. The molecule has 14 heavy (non-hydrogen) atoms. The summed E-state index contributed by atoms with van der Waals surface area (Å²) in [5.41, 5.74) is 2.23. The lowest BCUT2D eigenvalue weighted by Gasteiger charge is -1.99. The molecule has 0 fully saturated rings. The molecule has 0 aromatic carbocycles. The highest BCUT2D eigenvalue weighted by molar-refractivity contribution is 14.1. The summed E-state index contributed by atoms with van der Waals surface area (Å²) in [6, 6.07) is 4.03. The molecule has 3 nitrogen and oxygen atoms in total. The number of hydrogen-bond acceptors (Lipinski definition) is 1. The minimum Gasteiger partial charge on any atom is -0.248 e. The van der Waals surface area contributed by atoms with Crippen LogP contribution in [0.1, 0.15) is 5.56 Å². The fourth-order valence-corrected chi connectivity index (χ4v) is 2.15. The lowest BCUT2D eigenvalue weighted by Crippen LogP contribution is -2.28. The van der Waals surface area contributed by atoms with Crippen molar-refractivity contribution in [3.05, 3.63) is 36.3 Å². The van der Waals surface area contributed by atoms with Gasteiger partial charge in [0.15, 0.2) is 5.69 Å². The number of halogens is 1. The molecule has 72 valence electrons. The van der Waals surface area contributed by atoms with Gasteiger partial charge in [-0.1, -0.05) is 6.07 Å². The summed E-state index contributed by atoms with van der Waals surface area (Å²) < 4.78 is 4.12. The average Bonchev–Trinajstić information content (AvgIpc) is 2.48. The first-order valence-corrected chi connectivity index (χ1v) is 5.32. The quantitative estimate of drug-likeness (QED) is 0.582. The monoisotopic (exact) mass is 300 g/mol. The Bertz CT molecular complexity index is 443. The molecule has 0 aliphatic rings. The second-order valence-electron chi connectivity index (χ2n) is 3.21. The van der Waals surface area contributed by atoms with Crippen LogP contribution in [0.5, 0.6) is 0 Å². The maximum absolute atomic E-state index is 4.40. The number of rotatable bonds is 1. The highest BCUT2D eigenvalue weighted by atomic mass is 127. The molecule has 0 radical (unpaired) electrons. The summed E-state index contributed by atoms with van der Waals surface area (Å²) in [4.78, 5) is 4.40. The van der Waals surface area contributed by atoms with Crippen molar-refractivity contribution in [3.63, 3.8) is 0 Å². The Kier molecular flexibility index (Phi) is 2.54. The second kappa shape index (κ2) is 3.68. The van der Waals surface area contributed by atoms with Crippen LogP contribution in [0.2, 0.25) is 0 Å². The van der Waals surface area contributed by atoms with Crippen molar-refractivity contribution in [2.24, 2.45) is 7.05 Å². The highest BCUT2D eigenvalue weighted by Crippen LogP contribution is 2.18. The fraction of sp³-hybridized carbons (Fsp3) is 0.200. The highest BCUT2D eigenvalue weighted by Gasteiger charge is 2.18. The van der Waals surface area contributed by atoms with E-state index in [-0.39, 0.29) is 0 Å². The van der Waals surface area contributed by atoms with Gasteiger partial charge < -0.3 is 0 Å². The number of pyridine rings is 1. The van der Waals surface area contributed by atoms with Gasteiger partial charge in [-0.15, -0.1) is 0 Å². The van der Waals surface area contributed by atoms with Crippen molar-refractivity contribution in [2.75, 3.05) is 0 Å². The van der Waals surface area contributed by atoms with E-state index in [1.54, 1.807) is 0 Å². The molecule has 0 unspecified atom stereocenters. The Morgan fingerprint density at radius 3 is 2.86 bits per heavy atom. The first-order chi connectivity index (χ1) is 6.70. The summed E-state index contributed by atoms with van der Waals surface area (Å²) in [6.07, 6.45) is 5.87.